The zero-order chi connectivity index (χ0) is 18.4. The van der Waals surface area contributed by atoms with E-state index < -0.39 is 11.6 Å². The first-order valence-electron chi connectivity index (χ1n) is 8.74. The Labute approximate surface area is 154 Å². The molecule has 3 aromatic carbocycles. The molecule has 2 N–H and O–H groups in total. The van der Waals surface area contributed by atoms with Crippen LogP contribution in [0.2, 0.25) is 0 Å². The number of carbonyl (C=O) groups excluding carboxylic acids is 1. The van der Waals surface area contributed by atoms with Gasteiger partial charge >= 0.3 is 0 Å². The molecule has 0 aliphatic carbocycles. The second-order valence-corrected chi connectivity index (χ2v) is 6.43. The minimum Gasteiger partial charge on any atom is -0.390 e. The summed E-state index contributed by atoms with van der Waals surface area (Å²) in [6.07, 6.45) is -0.413. The summed E-state index contributed by atoms with van der Waals surface area (Å²) >= 11 is 0. The zero-order valence-electron chi connectivity index (χ0n) is 14.8. The number of hydrogen-bond donors (Lipinski definition) is 2. The molecule has 0 radical (unpaired) electrons. The summed E-state index contributed by atoms with van der Waals surface area (Å²) in [5.74, 6) is -0.190. The quantitative estimate of drug-likeness (QED) is 0.716. The monoisotopic (exact) mass is 345 g/mol. The van der Waals surface area contributed by atoms with Crippen LogP contribution in [0, 0.1) is 0 Å². The highest BCUT2D eigenvalue weighted by molar-refractivity contribution is 5.75. The molecular formula is C23H23NO2. The average Bonchev–Trinajstić information content (AvgIpc) is 2.68. The van der Waals surface area contributed by atoms with E-state index in [0.717, 1.165) is 16.7 Å². The van der Waals surface area contributed by atoms with Gasteiger partial charge in [0.15, 0.2) is 0 Å². The van der Waals surface area contributed by atoms with Crippen molar-refractivity contribution in [2.75, 3.05) is 0 Å². The summed E-state index contributed by atoms with van der Waals surface area (Å²) < 4.78 is 0. The van der Waals surface area contributed by atoms with Crippen LogP contribution in [0.25, 0.3) is 0 Å². The Bertz CT molecular complexity index is 792. The van der Waals surface area contributed by atoms with Gasteiger partial charge in [0.2, 0.25) is 5.91 Å². The molecule has 0 fully saturated rings. The standard InChI is InChI=1S/C23H23NO2/c1-18(25)24-23(20-13-7-3-8-14-20,21-15-9-4-10-16-21)22(26)17-19-11-5-2-6-12-19/h2-16,22,26H,17H2,1H3,(H,24,25). The molecule has 0 aromatic heterocycles. The van der Waals surface area contributed by atoms with E-state index in [2.05, 4.69) is 5.32 Å². The van der Waals surface area contributed by atoms with Crippen LogP contribution in [0.1, 0.15) is 23.6 Å². The third-order valence-corrected chi connectivity index (χ3v) is 4.60. The van der Waals surface area contributed by atoms with E-state index in [1.165, 1.54) is 6.92 Å². The molecule has 3 aromatic rings. The molecule has 132 valence electrons. The molecule has 0 heterocycles. The SMILES string of the molecule is CC(=O)NC(c1ccccc1)(c1ccccc1)C(O)Cc1ccccc1. The van der Waals surface area contributed by atoms with E-state index in [-0.39, 0.29) is 5.91 Å². The van der Waals surface area contributed by atoms with Crippen LogP contribution in [0.3, 0.4) is 0 Å². The van der Waals surface area contributed by atoms with Crippen molar-refractivity contribution in [1.82, 2.24) is 5.32 Å². The smallest absolute Gasteiger partial charge is 0.217 e. The molecule has 0 aliphatic rings. The summed E-state index contributed by atoms with van der Waals surface area (Å²) in [5.41, 5.74) is 1.70. The van der Waals surface area contributed by atoms with E-state index in [1.807, 2.05) is 91.0 Å². The Morgan fingerprint density at radius 1 is 0.846 bits per heavy atom. The lowest BCUT2D eigenvalue weighted by Gasteiger charge is -2.40. The summed E-state index contributed by atoms with van der Waals surface area (Å²) in [4.78, 5) is 12.1. The van der Waals surface area contributed by atoms with Gasteiger partial charge in [-0.25, -0.2) is 0 Å². The first-order chi connectivity index (χ1) is 12.6. The largest absolute Gasteiger partial charge is 0.390 e. The second kappa shape index (κ2) is 7.98. The number of aliphatic hydroxyl groups excluding tert-OH is 1. The van der Waals surface area contributed by atoms with Crippen LogP contribution in [-0.2, 0) is 16.8 Å². The van der Waals surface area contributed by atoms with Crippen LogP contribution < -0.4 is 5.32 Å². The van der Waals surface area contributed by atoms with Crippen LogP contribution in [-0.4, -0.2) is 17.1 Å². The third-order valence-electron chi connectivity index (χ3n) is 4.60. The molecule has 3 heteroatoms. The molecule has 0 saturated heterocycles. The number of aliphatic hydroxyl groups is 1. The predicted octanol–water partition coefficient (Wildman–Crippen LogP) is 3.67. The van der Waals surface area contributed by atoms with E-state index in [4.69, 9.17) is 0 Å². The third kappa shape index (κ3) is 3.68. The lowest BCUT2D eigenvalue weighted by atomic mass is 9.76. The minimum atomic E-state index is -1.02. The summed E-state index contributed by atoms with van der Waals surface area (Å²) in [6, 6.07) is 29.1. The van der Waals surface area contributed by atoms with Gasteiger partial charge in [-0.2, -0.15) is 0 Å². The first-order valence-corrected chi connectivity index (χ1v) is 8.74. The van der Waals surface area contributed by atoms with Crippen molar-refractivity contribution < 1.29 is 9.90 Å². The maximum Gasteiger partial charge on any atom is 0.217 e. The van der Waals surface area contributed by atoms with Crippen LogP contribution >= 0.6 is 0 Å². The Morgan fingerprint density at radius 2 is 1.27 bits per heavy atom. The summed E-state index contributed by atoms with van der Waals surface area (Å²) in [5, 5.41) is 14.4. The highest BCUT2D eigenvalue weighted by Crippen LogP contribution is 2.34. The van der Waals surface area contributed by atoms with Crippen molar-refractivity contribution in [3.63, 3.8) is 0 Å². The fourth-order valence-electron chi connectivity index (χ4n) is 3.45. The fourth-order valence-corrected chi connectivity index (χ4v) is 3.45. The van der Waals surface area contributed by atoms with E-state index >= 15 is 0 Å². The maximum atomic E-state index is 12.1. The number of rotatable bonds is 6. The normalized spacial score (nSPS) is 12.4. The second-order valence-electron chi connectivity index (χ2n) is 6.43. The zero-order valence-corrected chi connectivity index (χ0v) is 14.8. The van der Waals surface area contributed by atoms with Gasteiger partial charge in [0.25, 0.3) is 0 Å². The Hall–Kier alpha value is -2.91. The van der Waals surface area contributed by atoms with E-state index in [1.54, 1.807) is 0 Å². The Balaban J connectivity index is 2.14. The van der Waals surface area contributed by atoms with E-state index in [0.29, 0.717) is 6.42 Å². The lowest BCUT2D eigenvalue weighted by molar-refractivity contribution is -0.122. The van der Waals surface area contributed by atoms with Crippen molar-refractivity contribution >= 4 is 5.91 Å². The predicted molar refractivity (Wildman–Crippen MR) is 104 cm³/mol. The Morgan fingerprint density at radius 3 is 1.69 bits per heavy atom. The molecule has 0 bridgehead atoms. The molecule has 1 amide bonds. The van der Waals surface area contributed by atoms with Gasteiger partial charge in [0, 0.05) is 13.3 Å². The molecule has 0 spiro atoms. The highest BCUT2D eigenvalue weighted by atomic mass is 16.3. The van der Waals surface area contributed by atoms with Gasteiger partial charge < -0.3 is 10.4 Å². The van der Waals surface area contributed by atoms with Gasteiger partial charge in [-0.15, -0.1) is 0 Å². The fraction of sp³-hybridized carbons (Fsp3) is 0.174. The van der Waals surface area contributed by atoms with Gasteiger partial charge in [0.1, 0.15) is 5.54 Å². The van der Waals surface area contributed by atoms with Crippen molar-refractivity contribution in [2.24, 2.45) is 0 Å². The van der Waals surface area contributed by atoms with Gasteiger partial charge in [-0.05, 0) is 16.7 Å². The summed E-state index contributed by atoms with van der Waals surface area (Å²) in [6.45, 7) is 1.48. The van der Waals surface area contributed by atoms with Gasteiger partial charge in [-0.1, -0.05) is 91.0 Å². The molecule has 1 atom stereocenters. The number of nitrogens with one attached hydrogen (secondary N) is 1. The Kier molecular flexibility index (Phi) is 5.49. The number of carbonyl (C=O) groups is 1. The van der Waals surface area contributed by atoms with Crippen molar-refractivity contribution in [1.29, 1.82) is 0 Å². The van der Waals surface area contributed by atoms with Crippen LogP contribution in [0.4, 0.5) is 0 Å². The molecule has 0 saturated carbocycles. The van der Waals surface area contributed by atoms with E-state index in [9.17, 15) is 9.90 Å². The van der Waals surface area contributed by atoms with Crippen molar-refractivity contribution in [2.45, 2.75) is 25.0 Å². The average molecular weight is 345 g/mol. The number of amides is 1. The van der Waals surface area contributed by atoms with Gasteiger partial charge in [0.05, 0.1) is 6.10 Å². The topological polar surface area (TPSA) is 49.3 Å². The maximum absolute atomic E-state index is 12.1. The molecule has 3 nitrogen and oxygen atoms in total. The van der Waals surface area contributed by atoms with Crippen LogP contribution in [0.15, 0.2) is 91.0 Å². The number of hydrogen-bond acceptors (Lipinski definition) is 2. The molecular weight excluding hydrogens is 322 g/mol. The van der Waals surface area contributed by atoms with Crippen molar-refractivity contribution in [3.05, 3.63) is 108 Å². The van der Waals surface area contributed by atoms with Crippen molar-refractivity contribution in [3.8, 4) is 0 Å². The van der Waals surface area contributed by atoms with Gasteiger partial charge in [-0.3, -0.25) is 4.79 Å². The highest BCUT2D eigenvalue weighted by Gasteiger charge is 2.42. The first kappa shape index (κ1) is 17.9. The molecule has 26 heavy (non-hydrogen) atoms. The number of benzene rings is 3. The summed E-state index contributed by atoms with van der Waals surface area (Å²) in [7, 11) is 0. The molecule has 3 rings (SSSR count). The van der Waals surface area contributed by atoms with Crippen LogP contribution in [0.5, 0.6) is 0 Å². The molecule has 0 aliphatic heterocycles. The minimum absolute atomic E-state index is 0.190. The molecule has 1 unspecified atom stereocenters. The lowest BCUT2D eigenvalue weighted by Crippen LogP contribution is -2.55.